The van der Waals surface area contributed by atoms with Crippen LogP contribution in [0.25, 0.3) is 0 Å². The monoisotopic (exact) mass is 320 g/mol. The smallest absolute Gasteiger partial charge is 0.0596 e. The molecular weight excluding hydrogens is 321 g/mol. The summed E-state index contributed by atoms with van der Waals surface area (Å²) in [4.78, 5) is 0. The molecule has 0 radical (unpaired) electrons. The SMILES string of the molecule is ClP(Cl)Cl.[W]. The molecule has 0 rings (SSSR count). The van der Waals surface area contributed by atoms with Crippen molar-refractivity contribution in [3.8, 4) is 0 Å². The molecule has 5 heavy (non-hydrogen) atoms. The quantitative estimate of drug-likeness (QED) is 0.602. The Morgan fingerprint density at radius 1 is 1.00 bits per heavy atom. The Bertz CT molecular complexity index is 11.6. The van der Waals surface area contributed by atoms with E-state index < -0.39 is 5.98 Å². The Morgan fingerprint density at radius 3 is 1.00 bits per heavy atom. The first-order valence-corrected chi connectivity index (χ1v) is 4.56. The molecule has 0 aromatic rings. The molecule has 0 bridgehead atoms. The van der Waals surface area contributed by atoms with E-state index in [0.29, 0.717) is 0 Å². The van der Waals surface area contributed by atoms with Crippen LogP contribution in [-0.4, -0.2) is 0 Å². The second-order valence-electron chi connectivity index (χ2n) is 0.192. The van der Waals surface area contributed by atoms with E-state index in [9.17, 15) is 0 Å². The van der Waals surface area contributed by atoms with Crippen molar-refractivity contribution in [3.05, 3.63) is 0 Å². The molecule has 0 unspecified atom stereocenters. The van der Waals surface area contributed by atoms with Gasteiger partial charge < -0.3 is 0 Å². The normalized spacial score (nSPS) is 7.20. The fraction of sp³-hybridized carbons (Fsp3) is 0. The van der Waals surface area contributed by atoms with Gasteiger partial charge in [-0.15, -0.1) is 0 Å². The van der Waals surface area contributed by atoms with E-state index in [1.165, 1.54) is 0 Å². The van der Waals surface area contributed by atoms with Gasteiger partial charge in [0.05, 0.1) is 0 Å². The van der Waals surface area contributed by atoms with Gasteiger partial charge in [-0.1, -0.05) is 33.7 Å². The molecular formula is Cl3PW. The average Bonchev–Trinajstić information content (AvgIpc) is 0.811. The van der Waals surface area contributed by atoms with Crippen molar-refractivity contribution in [3.63, 3.8) is 0 Å². The average molecular weight is 321 g/mol. The van der Waals surface area contributed by atoms with Crippen molar-refractivity contribution in [1.82, 2.24) is 0 Å². The van der Waals surface area contributed by atoms with E-state index >= 15 is 0 Å². The van der Waals surface area contributed by atoms with Gasteiger partial charge in [0.2, 0.25) is 0 Å². The molecule has 0 saturated carbocycles. The van der Waals surface area contributed by atoms with Crippen LogP contribution in [0.2, 0.25) is 0 Å². The van der Waals surface area contributed by atoms with Gasteiger partial charge in [-0.05, 0) is 0 Å². The van der Waals surface area contributed by atoms with Gasteiger partial charge >= 0.3 is 0 Å². The summed E-state index contributed by atoms with van der Waals surface area (Å²) in [5.41, 5.74) is 0. The third-order valence-corrected chi connectivity index (χ3v) is 0. The number of rotatable bonds is 0. The first kappa shape index (κ1) is 10.1. The van der Waals surface area contributed by atoms with Crippen LogP contribution < -0.4 is 0 Å². The fourth-order valence-electron chi connectivity index (χ4n) is 0. The zero-order valence-electron chi connectivity index (χ0n) is 1.99. The van der Waals surface area contributed by atoms with E-state index in [4.69, 9.17) is 33.7 Å². The standard InChI is InChI=1S/Cl3P.W/c1-4(2)3;. The molecule has 0 aromatic heterocycles. The second-order valence-corrected chi connectivity index (χ2v) is 5.17. The number of hydrogen-bond donors (Lipinski definition) is 0. The molecule has 5 heteroatoms. The summed E-state index contributed by atoms with van der Waals surface area (Å²) >= 11 is 14.6. The molecule has 0 nitrogen and oxygen atoms in total. The first-order valence-electron chi connectivity index (χ1n) is 0.507. The molecule has 0 N–H and O–H groups in total. The third-order valence-electron chi connectivity index (χ3n) is 0. The molecule has 0 amide bonds. The van der Waals surface area contributed by atoms with E-state index in [1.54, 1.807) is 0 Å². The van der Waals surface area contributed by atoms with Crippen molar-refractivity contribution in [2.24, 2.45) is 0 Å². The summed E-state index contributed by atoms with van der Waals surface area (Å²) in [6.07, 6.45) is 0. The Balaban J connectivity index is 0. The van der Waals surface area contributed by atoms with Crippen LogP contribution in [0, 0.1) is 0 Å². The minimum absolute atomic E-state index is 0. The van der Waals surface area contributed by atoms with E-state index in [1.807, 2.05) is 0 Å². The van der Waals surface area contributed by atoms with Crippen LogP contribution >= 0.6 is 39.7 Å². The van der Waals surface area contributed by atoms with Crippen LogP contribution in [-0.2, 0) is 21.1 Å². The van der Waals surface area contributed by atoms with E-state index in [0.717, 1.165) is 0 Å². The summed E-state index contributed by atoms with van der Waals surface area (Å²) in [6.45, 7) is 0. The Labute approximate surface area is 60.5 Å². The van der Waals surface area contributed by atoms with Crippen LogP contribution in [0.4, 0.5) is 0 Å². The zero-order valence-corrected chi connectivity index (χ0v) is 8.08. The minimum atomic E-state index is -1.20. The summed E-state index contributed by atoms with van der Waals surface area (Å²) in [7, 11) is 0. The van der Waals surface area contributed by atoms with Gasteiger partial charge in [0.15, 0.2) is 5.98 Å². The summed E-state index contributed by atoms with van der Waals surface area (Å²) in [5, 5.41) is 0. The summed E-state index contributed by atoms with van der Waals surface area (Å²) in [5.74, 6) is -1.20. The Morgan fingerprint density at radius 2 is 1.00 bits per heavy atom. The van der Waals surface area contributed by atoms with Gasteiger partial charge in [0, 0.05) is 21.1 Å². The van der Waals surface area contributed by atoms with Crippen LogP contribution in [0.3, 0.4) is 0 Å². The molecule has 0 heterocycles. The summed E-state index contributed by atoms with van der Waals surface area (Å²) < 4.78 is 0. The van der Waals surface area contributed by atoms with Crippen molar-refractivity contribution >= 4 is 39.7 Å². The molecule has 0 saturated heterocycles. The fourth-order valence-corrected chi connectivity index (χ4v) is 0. The predicted molar refractivity (Wildman–Crippen MR) is 24.5 cm³/mol. The molecule has 0 aliphatic rings. The number of halogens is 3. The van der Waals surface area contributed by atoms with Gasteiger partial charge in [0.25, 0.3) is 0 Å². The molecule has 0 aromatic carbocycles. The third kappa shape index (κ3) is 24.1. The van der Waals surface area contributed by atoms with Gasteiger partial charge in [-0.25, -0.2) is 0 Å². The molecule has 32 valence electrons. The molecule has 0 aliphatic carbocycles. The molecule has 0 spiro atoms. The Hall–Kier alpha value is 1.99. The van der Waals surface area contributed by atoms with Crippen molar-refractivity contribution in [2.75, 3.05) is 0 Å². The van der Waals surface area contributed by atoms with Crippen molar-refractivity contribution in [2.45, 2.75) is 0 Å². The first-order chi connectivity index (χ1) is 1.73. The summed E-state index contributed by atoms with van der Waals surface area (Å²) in [6, 6.07) is 0. The van der Waals surface area contributed by atoms with Crippen molar-refractivity contribution < 1.29 is 21.1 Å². The topological polar surface area (TPSA) is 0 Å². The van der Waals surface area contributed by atoms with Crippen LogP contribution in [0.1, 0.15) is 0 Å². The maximum absolute atomic E-state index is 4.87. The maximum Gasteiger partial charge on any atom is 0.179 e. The van der Waals surface area contributed by atoms with E-state index in [-0.39, 0.29) is 21.1 Å². The number of hydrogen-bond acceptors (Lipinski definition) is 0. The Kier molecular flexibility index (Phi) is 12.1. The van der Waals surface area contributed by atoms with E-state index in [2.05, 4.69) is 0 Å². The zero-order chi connectivity index (χ0) is 3.58. The van der Waals surface area contributed by atoms with Gasteiger partial charge in [0.1, 0.15) is 0 Å². The van der Waals surface area contributed by atoms with Gasteiger partial charge in [-0.2, -0.15) is 0 Å². The predicted octanol–water partition coefficient (Wildman–Crippen LogP) is 2.93. The molecule has 0 fully saturated rings. The maximum atomic E-state index is 4.87. The molecule has 0 atom stereocenters. The van der Waals surface area contributed by atoms with Crippen molar-refractivity contribution in [1.29, 1.82) is 0 Å². The molecule has 0 aliphatic heterocycles. The van der Waals surface area contributed by atoms with Crippen LogP contribution in [0.15, 0.2) is 0 Å². The van der Waals surface area contributed by atoms with Crippen LogP contribution in [0.5, 0.6) is 0 Å². The largest absolute Gasteiger partial charge is 0.179 e. The minimum Gasteiger partial charge on any atom is -0.0596 e. The second kappa shape index (κ2) is 5.99. The van der Waals surface area contributed by atoms with Gasteiger partial charge in [-0.3, -0.25) is 0 Å².